The Kier molecular flexibility index (Phi) is 4.39. The van der Waals surface area contributed by atoms with Gasteiger partial charge in [0.2, 0.25) is 11.8 Å². The van der Waals surface area contributed by atoms with E-state index in [0.29, 0.717) is 12.5 Å². The van der Waals surface area contributed by atoms with Crippen molar-refractivity contribution in [3.63, 3.8) is 0 Å². The summed E-state index contributed by atoms with van der Waals surface area (Å²) in [5.74, 6) is 0.0422. The van der Waals surface area contributed by atoms with Crippen LogP contribution in [0.4, 0.5) is 0 Å². The normalized spacial score (nSPS) is 16.0. The van der Waals surface area contributed by atoms with Gasteiger partial charge in [-0.3, -0.25) is 19.1 Å². The molecule has 1 aromatic heterocycles. The number of aromatic hydroxyl groups is 1. The van der Waals surface area contributed by atoms with Crippen LogP contribution in [0.25, 0.3) is 0 Å². The summed E-state index contributed by atoms with van der Waals surface area (Å²) in [6.45, 7) is 6.94. The average Bonchev–Trinajstić information content (AvgIpc) is 2.63. The Labute approximate surface area is 115 Å². The van der Waals surface area contributed by atoms with Crippen LogP contribution in [-0.2, 0) is 11.3 Å². The maximum Gasteiger partial charge on any atom is 0.310 e. The van der Waals surface area contributed by atoms with Gasteiger partial charge in [-0.15, -0.1) is 6.58 Å². The van der Waals surface area contributed by atoms with Crippen molar-refractivity contribution in [1.82, 2.24) is 14.8 Å². The zero-order valence-corrected chi connectivity index (χ0v) is 11.4. The van der Waals surface area contributed by atoms with Crippen LogP contribution in [0.1, 0.15) is 0 Å². The van der Waals surface area contributed by atoms with Gasteiger partial charge >= 0.3 is 4.87 Å². The van der Waals surface area contributed by atoms with Gasteiger partial charge in [0.25, 0.3) is 0 Å². The first-order valence-corrected chi connectivity index (χ1v) is 6.95. The molecule has 1 aliphatic rings. The standard InChI is InChI=1S/C12H17N3O3S/c1-2-3-14-5-9(6-14)4-13-10(16)7-15-11(17)8-19-12(15)18/h2,8-9,17H,1,3-7H2,(H,13,16). The molecule has 1 aromatic rings. The zero-order valence-electron chi connectivity index (χ0n) is 10.5. The lowest BCUT2D eigenvalue weighted by Gasteiger charge is -2.38. The lowest BCUT2D eigenvalue weighted by Crippen LogP contribution is -2.51. The Balaban J connectivity index is 1.71. The second-order valence-corrected chi connectivity index (χ2v) is 5.44. The first-order valence-electron chi connectivity index (χ1n) is 6.07. The van der Waals surface area contributed by atoms with E-state index in [1.807, 2.05) is 6.08 Å². The fourth-order valence-corrected chi connectivity index (χ4v) is 2.68. The third-order valence-corrected chi connectivity index (χ3v) is 3.82. The molecule has 0 radical (unpaired) electrons. The quantitative estimate of drug-likeness (QED) is 0.712. The average molecular weight is 283 g/mol. The van der Waals surface area contributed by atoms with Crippen LogP contribution < -0.4 is 10.2 Å². The summed E-state index contributed by atoms with van der Waals surface area (Å²) < 4.78 is 1.06. The first kappa shape index (κ1) is 13.8. The zero-order chi connectivity index (χ0) is 13.8. The Hall–Kier alpha value is -1.60. The lowest BCUT2D eigenvalue weighted by molar-refractivity contribution is -0.122. The third-order valence-electron chi connectivity index (χ3n) is 3.07. The van der Waals surface area contributed by atoms with Gasteiger partial charge in [0.05, 0.1) is 5.38 Å². The van der Waals surface area contributed by atoms with Gasteiger partial charge < -0.3 is 10.4 Å². The van der Waals surface area contributed by atoms with Crippen molar-refractivity contribution in [1.29, 1.82) is 0 Å². The minimum absolute atomic E-state index is 0.128. The molecule has 104 valence electrons. The van der Waals surface area contributed by atoms with Crippen molar-refractivity contribution in [2.24, 2.45) is 5.92 Å². The highest BCUT2D eigenvalue weighted by molar-refractivity contribution is 7.07. The topological polar surface area (TPSA) is 74.6 Å². The summed E-state index contributed by atoms with van der Waals surface area (Å²) >= 11 is 0.880. The number of hydrogen-bond donors (Lipinski definition) is 2. The van der Waals surface area contributed by atoms with Crippen molar-refractivity contribution >= 4 is 17.2 Å². The molecule has 0 spiro atoms. The fraction of sp³-hybridized carbons (Fsp3) is 0.500. The van der Waals surface area contributed by atoms with Crippen molar-refractivity contribution in [2.75, 3.05) is 26.2 Å². The summed E-state index contributed by atoms with van der Waals surface area (Å²) in [6, 6.07) is 0. The molecule has 6 nitrogen and oxygen atoms in total. The molecule has 0 unspecified atom stereocenters. The Morgan fingerprint density at radius 3 is 2.95 bits per heavy atom. The molecule has 1 fully saturated rings. The van der Waals surface area contributed by atoms with E-state index in [2.05, 4.69) is 16.8 Å². The van der Waals surface area contributed by atoms with Crippen LogP contribution in [0, 0.1) is 5.92 Å². The number of nitrogens with one attached hydrogen (secondary N) is 1. The second-order valence-electron chi connectivity index (χ2n) is 4.62. The first-order chi connectivity index (χ1) is 9.10. The van der Waals surface area contributed by atoms with Crippen LogP contribution in [0.15, 0.2) is 22.8 Å². The van der Waals surface area contributed by atoms with Crippen molar-refractivity contribution in [2.45, 2.75) is 6.54 Å². The monoisotopic (exact) mass is 283 g/mol. The molecule has 1 saturated heterocycles. The molecule has 1 amide bonds. The van der Waals surface area contributed by atoms with Gasteiger partial charge in [0.1, 0.15) is 6.54 Å². The smallest absolute Gasteiger partial charge is 0.310 e. The predicted molar refractivity (Wildman–Crippen MR) is 73.4 cm³/mol. The van der Waals surface area contributed by atoms with Gasteiger partial charge in [-0.1, -0.05) is 17.4 Å². The van der Waals surface area contributed by atoms with Crippen LogP contribution in [0.2, 0.25) is 0 Å². The van der Waals surface area contributed by atoms with E-state index < -0.39 is 0 Å². The summed E-state index contributed by atoms with van der Waals surface area (Å²) in [7, 11) is 0. The van der Waals surface area contributed by atoms with E-state index in [1.54, 1.807) is 0 Å². The highest BCUT2D eigenvalue weighted by atomic mass is 32.1. The Morgan fingerprint density at radius 1 is 1.63 bits per heavy atom. The van der Waals surface area contributed by atoms with Crippen molar-refractivity contribution < 1.29 is 9.90 Å². The molecule has 1 aliphatic heterocycles. The van der Waals surface area contributed by atoms with Gasteiger partial charge in [-0.05, 0) is 0 Å². The number of likely N-dealkylation sites (tertiary alicyclic amines) is 1. The van der Waals surface area contributed by atoms with Gasteiger partial charge in [-0.25, -0.2) is 0 Å². The molecule has 0 saturated carbocycles. The maximum absolute atomic E-state index is 11.7. The van der Waals surface area contributed by atoms with E-state index in [4.69, 9.17) is 0 Å². The number of amides is 1. The highest BCUT2D eigenvalue weighted by Crippen LogP contribution is 2.13. The number of thiazole rings is 1. The van der Waals surface area contributed by atoms with Crippen LogP contribution >= 0.6 is 11.3 Å². The van der Waals surface area contributed by atoms with Crippen LogP contribution in [-0.4, -0.2) is 46.7 Å². The predicted octanol–water partition coefficient (Wildman–Crippen LogP) is -0.151. The number of hydrogen-bond acceptors (Lipinski definition) is 5. The number of nitrogens with zero attached hydrogens (tertiary/aromatic N) is 2. The molecule has 2 heterocycles. The number of carbonyl (C=O) groups excluding carboxylic acids is 1. The van der Waals surface area contributed by atoms with Crippen LogP contribution in [0.5, 0.6) is 5.88 Å². The van der Waals surface area contributed by atoms with Crippen LogP contribution in [0.3, 0.4) is 0 Å². The van der Waals surface area contributed by atoms with E-state index in [-0.39, 0.29) is 23.2 Å². The van der Waals surface area contributed by atoms with Gasteiger partial charge in [-0.2, -0.15) is 0 Å². The number of carbonyl (C=O) groups is 1. The summed E-state index contributed by atoms with van der Waals surface area (Å²) in [4.78, 5) is 24.9. The third kappa shape index (κ3) is 3.45. The minimum atomic E-state index is -0.326. The van der Waals surface area contributed by atoms with Gasteiger partial charge in [0.15, 0.2) is 0 Å². The largest absolute Gasteiger partial charge is 0.494 e. The lowest BCUT2D eigenvalue weighted by atomic mass is 10.0. The summed E-state index contributed by atoms with van der Waals surface area (Å²) in [6.07, 6.45) is 1.86. The van der Waals surface area contributed by atoms with E-state index in [0.717, 1.165) is 35.5 Å². The molecular formula is C12H17N3O3S. The molecule has 0 bridgehead atoms. The number of aromatic nitrogens is 1. The minimum Gasteiger partial charge on any atom is -0.494 e. The molecule has 2 rings (SSSR count). The molecular weight excluding hydrogens is 266 g/mol. The molecule has 0 aromatic carbocycles. The fourth-order valence-electron chi connectivity index (χ4n) is 2.06. The molecule has 19 heavy (non-hydrogen) atoms. The summed E-state index contributed by atoms with van der Waals surface area (Å²) in [5, 5.41) is 13.5. The van der Waals surface area contributed by atoms with E-state index >= 15 is 0 Å². The van der Waals surface area contributed by atoms with Crippen molar-refractivity contribution in [3.8, 4) is 5.88 Å². The van der Waals surface area contributed by atoms with E-state index in [1.165, 1.54) is 5.38 Å². The number of rotatable bonds is 6. The Morgan fingerprint density at radius 2 is 2.37 bits per heavy atom. The molecule has 2 N–H and O–H groups in total. The maximum atomic E-state index is 11.7. The second kappa shape index (κ2) is 6.03. The van der Waals surface area contributed by atoms with Gasteiger partial charge in [0, 0.05) is 32.1 Å². The molecule has 7 heteroatoms. The highest BCUT2D eigenvalue weighted by Gasteiger charge is 2.25. The van der Waals surface area contributed by atoms with Crippen molar-refractivity contribution in [3.05, 3.63) is 27.7 Å². The SMILES string of the molecule is C=CCN1CC(CNC(=O)Cn2c(O)csc2=O)C1. The van der Waals surface area contributed by atoms with E-state index in [9.17, 15) is 14.7 Å². The Bertz CT molecular complexity index is 517. The molecule has 0 atom stereocenters. The summed E-state index contributed by atoms with van der Waals surface area (Å²) in [5.41, 5.74) is 0. The molecule has 0 aliphatic carbocycles.